The van der Waals surface area contributed by atoms with E-state index in [9.17, 15) is 14.4 Å². The molecule has 0 aliphatic rings. The van der Waals surface area contributed by atoms with E-state index >= 15 is 0 Å². The number of carbonyl (C=O) groups is 3. The number of carbonyl (C=O) groups excluding carboxylic acids is 1. The number of halogens is 1. The van der Waals surface area contributed by atoms with Gasteiger partial charge in [0.1, 0.15) is 0 Å². The molecule has 0 spiro atoms. The molecule has 6 nitrogen and oxygen atoms in total. The lowest BCUT2D eigenvalue weighted by atomic mass is 10.1. The first-order chi connectivity index (χ1) is 8.27. The summed E-state index contributed by atoms with van der Waals surface area (Å²) in [6.07, 6.45) is 0. The summed E-state index contributed by atoms with van der Waals surface area (Å²) in [6, 6.07) is 5.48. The van der Waals surface area contributed by atoms with Crippen LogP contribution in [0.5, 0.6) is 0 Å². The zero-order valence-electron chi connectivity index (χ0n) is 9.46. The predicted octanol–water partition coefficient (Wildman–Crippen LogP) is 1.34. The monoisotopic (exact) mass is 317 g/mol. The van der Waals surface area contributed by atoms with Crippen molar-refractivity contribution < 1.29 is 24.6 Å². The van der Waals surface area contributed by atoms with Crippen LogP contribution in [0.15, 0.2) is 24.3 Å². The highest BCUT2D eigenvalue weighted by atomic mass is 79.9. The van der Waals surface area contributed by atoms with Gasteiger partial charge in [-0.3, -0.25) is 4.79 Å². The normalized spacial score (nSPS) is 10.8. The first-order valence-corrected chi connectivity index (χ1v) is 5.68. The lowest BCUT2D eigenvalue weighted by Gasteiger charge is -1.98. The topological polar surface area (TPSA) is 118 Å². The molecule has 0 heterocycles. The predicted molar refractivity (Wildman–Crippen MR) is 67.9 cm³/mol. The van der Waals surface area contributed by atoms with Gasteiger partial charge in [0.2, 0.25) is 5.91 Å². The number of amides is 1. The molecule has 1 unspecified atom stereocenters. The Bertz CT molecular complexity index is 426. The van der Waals surface area contributed by atoms with E-state index in [4.69, 9.17) is 15.9 Å². The van der Waals surface area contributed by atoms with Crippen molar-refractivity contribution in [3.05, 3.63) is 35.4 Å². The molecule has 0 bridgehead atoms. The van der Waals surface area contributed by atoms with E-state index in [-0.39, 0.29) is 21.9 Å². The zero-order valence-corrected chi connectivity index (χ0v) is 11.0. The Morgan fingerprint density at radius 3 is 1.56 bits per heavy atom. The molecule has 1 aromatic carbocycles. The third-order valence-corrected chi connectivity index (χ3v) is 2.23. The SMILES string of the molecule is CC(Br)C(N)=O.O=C(O)c1ccccc1C(=O)O. The van der Waals surface area contributed by atoms with Crippen molar-refractivity contribution in [1.82, 2.24) is 0 Å². The van der Waals surface area contributed by atoms with E-state index < -0.39 is 11.9 Å². The molecule has 1 atom stereocenters. The van der Waals surface area contributed by atoms with Crippen LogP contribution < -0.4 is 5.73 Å². The minimum Gasteiger partial charge on any atom is -0.478 e. The van der Waals surface area contributed by atoms with Crippen molar-refractivity contribution in [2.75, 3.05) is 0 Å². The zero-order chi connectivity index (χ0) is 14.3. The molecule has 0 fully saturated rings. The Morgan fingerprint density at radius 2 is 1.39 bits per heavy atom. The molecular formula is C11H12BrNO5. The first-order valence-electron chi connectivity index (χ1n) is 4.76. The Balaban J connectivity index is 0.000000411. The van der Waals surface area contributed by atoms with Crippen LogP contribution in [0.2, 0.25) is 0 Å². The lowest BCUT2D eigenvalue weighted by molar-refractivity contribution is -0.117. The summed E-state index contributed by atoms with van der Waals surface area (Å²) >= 11 is 2.96. The molecule has 98 valence electrons. The van der Waals surface area contributed by atoms with Gasteiger partial charge in [0, 0.05) is 0 Å². The molecule has 0 aliphatic carbocycles. The molecular weight excluding hydrogens is 306 g/mol. The molecule has 0 radical (unpaired) electrons. The van der Waals surface area contributed by atoms with Gasteiger partial charge in [0.15, 0.2) is 0 Å². The van der Waals surface area contributed by atoms with Crippen LogP contribution in [0.1, 0.15) is 27.6 Å². The van der Waals surface area contributed by atoms with Gasteiger partial charge in [-0.05, 0) is 19.1 Å². The number of aromatic carboxylic acids is 2. The van der Waals surface area contributed by atoms with Gasteiger partial charge in [-0.25, -0.2) is 9.59 Å². The first kappa shape index (κ1) is 16.1. The van der Waals surface area contributed by atoms with E-state index in [1.54, 1.807) is 6.92 Å². The Kier molecular flexibility index (Phi) is 6.66. The maximum atomic E-state index is 10.5. The minimum absolute atomic E-state index is 0.190. The van der Waals surface area contributed by atoms with E-state index in [1.807, 2.05) is 0 Å². The number of rotatable bonds is 3. The van der Waals surface area contributed by atoms with E-state index in [0.717, 1.165) is 0 Å². The minimum atomic E-state index is -1.23. The summed E-state index contributed by atoms with van der Waals surface area (Å²) in [5, 5.41) is 17.1. The number of carboxylic acid groups (broad SMARTS) is 2. The molecule has 0 saturated carbocycles. The molecule has 4 N–H and O–H groups in total. The van der Waals surface area contributed by atoms with Gasteiger partial charge in [0.05, 0.1) is 16.0 Å². The quantitative estimate of drug-likeness (QED) is 0.727. The summed E-state index contributed by atoms with van der Waals surface area (Å²) in [5.74, 6) is -2.78. The number of benzene rings is 1. The van der Waals surface area contributed by atoms with Gasteiger partial charge in [0.25, 0.3) is 0 Å². The van der Waals surface area contributed by atoms with Crippen LogP contribution in [-0.4, -0.2) is 32.9 Å². The van der Waals surface area contributed by atoms with E-state index in [2.05, 4.69) is 15.9 Å². The van der Waals surface area contributed by atoms with Crippen LogP contribution in [0.25, 0.3) is 0 Å². The highest BCUT2D eigenvalue weighted by molar-refractivity contribution is 9.10. The van der Waals surface area contributed by atoms with Crippen LogP contribution in [0.3, 0.4) is 0 Å². The number of alkyl halides is 1. The molecule has 0 aliphatic heterocycles. The summed E-state index contributed by atoms with van der Waals surface area (Å²) in [5.41, 5.74) is 4.37. The smallest absolute Gasteiger partial charge is 0.336 e. The fourth-order valence-electron chi connectivity index (χ4n) is 0.856. The highest BCUT2D eigenvalue weighted by Gasteiger charge is 2.13. The van der Waals surface area contributed by atoms with Crippen molar-refractivity contribution in [3.63, 3.8) is 0 Å². The van der Waals surface area contributed by atoms with Gasteiger partial charge < -0.3 is 15.9 Å². The highest BCUT2D eigenvalue weighted by Crippen LogP contribution is 2.07. The van der Waals surface area contributed by atoms with Crippen molar-refractivity contribution >= 4 is 33.8 Å². The van der Waals surface area contributed by atoms with Gasteiger partial charge in [-0.2, -0.15) is 0 Å². The fourth-order valence-corrected chi connectivity index (χ4v) is 0.856. The van der Waals surface area contributed by atoms with Crippen molar-refractivity contribution in [2.45, 2.75) is 11.8 Å². The molecule has 1 rings (SSSR count). The summed E-state index contributed by atoms with van der Waals surface area (Å²) in [6.45, 7) is 1.68. The van der Waals surface area contributed by atoms with E-state index in [1.165, 1.54) is 24.3 Å². The maximum Gasteiger partial charge on any atom is 0.336 e. The summed E-state index contributed by atoms with van der Waals surface area (Å²) in [7, 11) is 0. The number of carboxylic acids is 2. The lowest BCUT2D eigenvalue weighted by Crippen LogP contribution is -2.19. The molecule has 1 aromatic rings. The third-order valence-electron chi connectivity index (χ3n) is 1.78. The third kappa shape index (κ3) is 5.44. The van der Waals surface area contributed by atoms with Gasteiger partial charge >= 0.3 is 11.9 Å². The second kappa shape index (κ2) is 7.44. The van der Waals surface area contributed by atoms with Crippen LogP contribution in [0.4, 0.5) is 0 Å². The van der Waals surface area contributed by atoms with Crippen molar-refractivity contribution in [3.8, 4) is 0 Å². The second-order valence-electron chi connectivity index (χ2n) is 3.17. The second-order valence-corrected chi connectivity index (χ2v) is 4.55. The van der Waals surface area contributed by atoms with Gasteiger partial charge in [-0.15, -0.1) is 0 Å². The van der Waals surface area contributed by atoms with Crippen LogP contribution >= 0.6 is 15.9 Å². The standard InChI is InChI=1S/C8H6O4.C3H6BrNO/c9-7(10)5-3-1-2-4-6(5)8(11)12;1-2(4)3(5)6/h1-4H,(H,9,10)(H,11,12);2H,1H3,(H2,5,6). The Labute approximate surface area is 112 Å². The largest absolute Gasteiger partial charge is 0.478 e. The van der Waals surface area contributed by atoms with Crippen molar-refractivity contribution in [2.24, 2.45) is 5.73 Å². The Hall–Kier alpha value is -1.89. The molecule has 18 heavy (non-hydrogen) atoms. The number of nitrogens with two attached hydrogens (primary N) is 1. The van der Waals surface area contributed by atoms with Gasteiger partial charge in [-0.1, -0.05) is 28.1 Å². The Morgan fingerprint density at radius 1 is 1.11 bits per heavy atom. The molecule has 0 aromatic heterocycles. The fraction of sp³-hybridized carbons (Fsp3) is 0.182. The molecule has 1 amide bonds. The number of hydrogen-bond acceptors (Lipinski definition) is 3. The maximum absolute atomic E-state index is 10.5. The average molecular weight is 318 g/mol. The molecule has 7 heteroatoms. The van der Waals surface area contributed by atoms with Crippen LogP contribution in [-0.2, 0) is 4.79 Å². The van der Waals surface area contributed by atoms with Crippen molar-refractivity contribution in [1.29, 1.82) is 0 Å². The number of primary amides is 1. The average Bonchev–Trinajstić information content (AvgIpc) is 2.29. The summed E-state index contributed by atoms with van der Waals surface area (Å²) < 4.78 is 0. The molecule has 0 saturated heterocycles. The number of hydrogen-bond donors (Lipinski definition) is 3. The van der Waals surface area contributed by atoms with E-state index in [0.29, 0.717) is 0 Å². The summed E-state index contributed by atoms with van der Waals surface area (Å²) in [4.78, 5) is 30.6. The van der Waals surface area contributed by atoms with Crippen LogP contribution in [0, 0.1) is 0 Å².